The first kappa shape index (κ1) is 15.9. The first-order valence-electron chi connectivity index (χ1n) is 5.91. The van der Waals surface area contributed by atoms with Gasteiger partial charge in [-0.25, -0.2) is 8.42 Å². The van der Waals surface area contributed by atoms with Crippen molar-refractivity contribution in [2.24, 2.45) is 5.92 Å². The highest BCUT2D eigenvalue weighted by Gasteiger charge is 2.29. The Morgan fingerprint density at radius 2 is 1.85 bits per heavy atom. The van der Waals surface area contributed by atoms with Gasteiger partial charge >= 0.3 is 0 Å². The van der Waals surface area contributed by atoms with E-state index in [2.05, 4.69) is 5.32 Å². The lowest BCUT2D eigenvalue weighted by molar-refractivity contribution is -0.116. The number of anilines is 1. The minimum atomic E-state index is -2.99. The van der Waals surface area contributed by atoms with E-state index in [1.165, 1.54) is 12.1 Å². The number of carbonyl (C=O) groups is 1. The average molecular weight is 357 g/mol. The Balaban J connectivity index is 2.02. The molecule has 1 aliphatic rings. The zero-order valence-electron chi connectivity index (χ0n) is 10.3. The molecule has 4 nitrogen and oxygen atoms in total. The van der Waals surface area contributed by atoms with Gasteiger partial charge < -0.3 is 5.32 Å². The van der Waals surface area contributed by atoms with Gasteiger partial charge in [-0.3, -0.25) is 4.79 Å². The highest BCUT2D eigenvalue weighted by atomic mass is 35.5. The third-order valence-corrected chi connectivity index (χ3v) is 5.72. The molecule has 0 radical (unpaired) electrons. The molecular weight excluding hydrogens is 345 g/mol. The Kier molecular flexibility index (Phi) is 4.84. The lowest BCUT2D eigenvalue weighted by Crippen LogP contribution is -2.17. The molecule has 1 heterocycles. The fraction of sp³-hybridized carbons (Fsp3) is 0.417. The van der Waals surface area contributed by atoms with Crippen molar-refractivity contribution in [3.8, 4) is 0 Å². The summed E-state index contributed by atoms with van der Waals surface area (Å²) in [6.45, 7) is 0. The van der Waals surface area contributed by atoms with E-state index in [1.54, 1.807) is 0 Å². The molecule has 0 aliphatic carbocycles. The highest BCUT2D eigenvalue weighted by molar-refractivity contribution is 7.91. The molecule has 1 saturated heterocycles. The summed E-state index contributed by atoms with van der Waals surface area (Å²) in [6.07, 6.45) is 0.645. The van der Waals surface area contributed by atoms with Crippen molar-refractivity contribution >= 4 is 56.2 Å². The van der Waals surface area contributed by atoms with Crippen molar-refractivity contribution in [1.82, 2.24) is 0 Å². The van der Waals surface area contributed by atoms with Crippen LogP contribution in [0.3, 0.4) is 0 Å². The van der Waals surface area contributed by atoms with Crippen molar-refractivity contribution < 1.29 is 13.2 Å². The number of carbonyl (C=O) groups excluding carboxylic acids is 1. The number of halogens is 3. The van der Waals surface area contributed by atoms with Crippen molar-refractivity contribution in [2.75, 3.05) is 16.8 Å². The van der Waals surface area contributed by atoms with Crippen molar-refractivity contribution in [3.05, 3.63) is 27.2 Å². The molecule has 1 fully saturated rings. The molecule has 0 saturated carbocycles. The standard InChI is InChI=1S/C12H12Cl3NO3S/c13-8-4-9(14)12(10(15)5-8)16-11(17)3-7-1-2-20(18,19)6-7/h4-5,7H,1-3,6H2,(H,16,17). The van der Waals surface area contributed by atoms with Crippen molar-refractivity contribution in [3.63, 3.8) is 0 Å². The van der Waals surface area contributed by atoms with E-state index in [4.69, 9.17) is 34.8 Å². The van der Waals surface area contributed by atoms with Crippen LogP contribution in [0.4, 0.5) is 5.69 Å². The number of benzene rings is 1. The molecule has 2 rings (SSSR count). The third kappa shape index (κ3) is 4.01. The van der Waals surface area contributed by atoms with Gasteiger partial charge in [-0.15, -0.1) is 0 Å². The lowest BCUT2D eigenvalue weighted by atomic mass is 10.1. The smallest absolute Gasteiger partial charge is 0.224 e. The molecule has 0 bridgehead atoms. The Bertz CT molecular complexity index is 622. The van der Waals surface area contributed by atoms with Crippen LogP contribution >= 0.6 is 34.8 Å². The molecular formula is C12H12Cl3NO3S. The van der Waals surface area contributed by atoms with Gasteiger partial charge in [0.1, 0.15) is 0 Å². The number of hydrogen-bond donors (Lipinski definition) is 1. The number of sulfone groups is 1. The van der Waals surface area contributed by atoms with Gasteiger partial charge in [0, 0.05) is 11.4 Å². The van der Waals surface area contributed by atoms with Gasteiger partial charge in [-0.05, 0) is 24.5 Å². The van der Waals surface area contributed by atoms with E-state index in [0.717, 1.165) is 0 Å². The van der Waals surface area contributed by atoms with Crippen LogP contribution in [-0.2, 0) is 14.6 Å². The van der Waals surface area contributed by atoms with Crippen LogP contribution in [0.2, 0.25) is 15.1 Å². The predicted molar refractivity (Wildman–Crippen MR) is 81.5 cm³/mol. The molecule has 0 spiro atoms. The molecule has 1 N–H and O–H groups in total. The summed E-state index contributed by atoms with van der Waals surface area (Å²) in [4.78, 5) is 11.9. The minimum absolute atomic E-state index is 0.0580. The molecule has 1 atom stereocenters. The van der Waals surface area contributed by atoms with E-state index in [0.29, 0.717) is 17.1 Å². The lowest BCUT2D eigenvalue weighted by Gasteiger charge is -2.11. The number of nitrogens with one attached hydrogen (secondary N) is 1. The summed E-state index contributed by atoms with van der Waals surface area (Å²) in [6, 6.07) is 2.95. The van der Waals surface area contributed by atoms with Crippen LogP contribution in [0.5, 0.6) is 0 Å². The van der Waals surface area contributed by atoms with Gasteiger partial charge in [0.2, 0.25) is 5.91 Å². The zero-order valence-corrected chi connectivity index (χ0v) is 13.4. The largest absolute Gasteiger partial charge is 0.324 e. The van der Waals surface area contributed by atoms with Gasteiger partial charge in [0.05, 0.1) is 27.2 Å². The van der Waals surface area contributed by atoms with E-state index < -0.39 is 9.84 Å². The van der Waals surface area contributed by atoms with Gasteiger partial charge in [-0.2, -0.15) is 0 Å². The first-order valence-corrected chi connectivity index (χ1v) is 8.87. The Morgan fingerprint density at radius 3 is 2.35 bits per heavy atom. The fourth-order valence-electron chi connectivity index (χ4n) is 2.15. The summed E-state index contributed by atoms with van der Waals surface area (Å²) < 4.78 is 22.7. The molecule has 0 aromatic heterocycles. The SMILES string of the molecule is O=C(CC1CCS(=O)(=O)C1)Nc1c(Cl)cc(Cl)cc1Cl. The van der Waals surface area contributed by atoms with Crippen LogP contribution in [0.15, 0.2) is 12.1 Å². The first-order chi connectivity index (χ1) is 9.27. The fourth-order valence-corrected chi connectivity index (χ4v) is 4.92. The van der Waals surface area contributed by atoms with Crippen LogP contribution in [0.1, 0.15) is 12.8 Å². The predicted octanol–water partition coefficient (Wildman–Crippen LogP) is 3.41. The maximum Gasteiger partial charge on any atom is 0.224 e. The Labute approximate surface area is 132 Å². The van der Waals surface area contributed by atoms with E-state index >= 15 is 0 Å². The number of hydrogen-bond acceptors (Lipinski definition) is 3. The second-order valence-corrected chi connectivity index (χ2v) is 8.25. The molecule has 110 valence electrons. The molecule has 1 aromatic carbocycles. The summed E-state index contributed by atoms with van der Waals surface area (Å²) in [7, 11) is -2.99. The average Bonchev–Trinajstić information content (AvgIpc) is 2.63. The molecule has 8 heteroatoms. The topological polar surface area (TPSA) is 63.2 Å². The monoisotopic (exact) mass is 355 g/mol. The van der Waals surface area contributed by atoms with Crippen LogP contribution in [0.25, 0.3) is 0 Å². The van der Waals surface area contributed by atoms with Crippen molar-refractivity contribution in [2.45, 2.75) is 12.8 Å². The van der Waals surface area contributed by atoms with Gasteiger partial charge in [0.15, 0.2) is 9.84 Å². The van der Waals surface area contributed by atoms with Gasteiger partial charge in [0.25, 0.3) is 0 Å². The number of amides is 1. The molecule has 1 amide bonds. The highest BCUT2D eigenvalue weighted by Crippen LogP contribution is 2.34. The minimum Gasteiger partial charge on any atom is -0.324 e. The quantitative estimate of drug-likeness (QED) is 0.902. The summed E-state index contributed by atoms with van der Waals surface area (Å²) >= 11 is 17.7. The Hall–Kier alpha value is -0.490. The van der Waals surface area contributed by atoms with Gasteiger partial charge in [-0.1, -0.05) is 34.8 Å². The Morgan fingerprint density at radius 1 is 1.25 bits per heavy atom. The summed E-state index contributed by atoms with van der Waals surface area (Å²) in [5.74, 6) is -0.251. The molecule has 1 aromatic rings. The second-order valence-electron chi connectivity index (χ2n) is 4.77. The summed E-state index contributed by atoms with van der Waals surface area (Å²) in [5, 5.41) is 3.47. The van der Waals surface area contributed by atoms with E-state index in [-0.39, 0.29) is 39.8 Å². The van der Waals surface area contributed by atoms with Crippen LogP contribution in [-0.4, -0.2) is 25.8 Å². The number of rotatable bonds is 3. The summed E-state index contributed by atoms with van der Waals surface area (Å²) in [5.41, 5.74) is 0.295. The van der Waals surface area contributed by atoms with E-state index in [1.807, 2.05) is 0 Å². The molecule has 1 unspecified atom stereocenters. The van der Waals surface area contributed by atoms with Crippen molar-refractivity contribution in [1.29, 1.82) is 0 Å². The maximum atomic E-state index is 11.9. The van der Waals surface area contributed by atoms with E-state index in [9.17, 15) is 13.2 Å². The van der Waals surface area contributed by atoms with Crippen LogP contribution in [0, 0.1) is 5.92 Å². The van der Waals surface area contributed by atoms with Crippen LogP contribution < -0.4 is 5.32 Å². The molecule has 1 aliphatic heterocycles. The second kappa shape index (κ2) is 6.10. The third-order valence-electron chi connectivity index (χ3n) is 3.07. The normalized spacial score (nSPS) is 20.9. The molecule has 20 heavy (non-hydrogen) atoms. The zero-order chi connectivity index (χ0) is 14.9. The maximum absolute atomic E-state index is 11.9.